The zero-order chi connectivity index (χ0) is 16.5. The summed E-state index contributed by atoms with van der Waals surface area (Å²) in [6.45, 7) is 0.898. The van der Waals surface area contributed by atoms with Gasteiger partial charge in [-0.05, 0) is 43.0 Å². The third-order valence-corrected chi connectivity index (χ3v) is 5.67. The molecule has 3 aromatic rings. The van der Waals surface area contributed by atoms with Crippen molar-refractivity contribution in [3.63, 3.8) is 0 Å². The van der Waals surface area contributed by atoms with E-state index in [1.165, 1.54) is 12.8 Å². The number of aromatic nitrogens is 4. The first-order chi connectivity index (χ1) is 11.7. The molecule has 24 heavy (non-hydrogen) atoms. The topological polar surface area (TPSA) is 81.7 Å². The van der Waals surface area contributed by atoms with Gasteiger partial charge in [-0.1, -0.05) is 6.07 Å². The van der Waals surface area contributed by atoms with Crippen molar-refractivity contribution in [3.05, 3.63) is 23.7 Å². The second-order valence-electron chi connectivity index (χ2n) is 6.47. The number of nitrogens with one attached hydrogen (secondary N) is 1. The van der Waals surface area contributed by atoms with E-state index in [0.717, 1.165) is 41.0 Å². The van der Waals surface area contributed by atoms with E-state index in [9.17, 15) is 0 Å². The molecule has 0 spiro atoms. The molecular formula is C17H22N6S. The average molecular weight is 342 g/mol. The van der Waals surface area contributed by atoms with Gasteiger partial charge in [0.05, 0.1) is 10.3 Å². The van der Waals surface area contributed by atoms with E-state index in [-0.39, 0.29) is 0 Å². The minimum Gasteiger partial charge on any atom is -0.357 e. The highest BCUT2D eigenvalue weighted by molar-refractivity contribution is 7.13. The summed E-state index contributed by atoms with van der Waals surface area (Å²) in [5, 5.41) is 11.0. The highest BCUT2D eigenvalue weighted by Crippen LogP contribution is 2.32. The summed E-state index contributed by atoms with van der Waals surface area (Å²) in [5.74, 6) is 1.25. The highest BCUT2D eigenvalue weighted by atomic mass is 32.1. The summed E-state index contributed by atoms with van der Waals surface area (Å²) in [6, 6.07) is 4.52. The largest absolute Gasteiger partial charge is 0.357 e. The third kappa shape index (κ3) is 2.89. The van der Waals surface area contributed by atoms with Crippen LogP contribution in [-0.2, 0) is 6.54 Å². The molecule has 7 heteroatoms. The van der Waals surface area contributed by atoms with Crippen LogP contribution in [0.5, 0.6) is 0 Å². The quantitative estimate of drug-likeness (QED) is 0.761. The summed E-state index contributed by atoms with van der Waals surface area (Å²) in [4.78, 5) is 10.2. The maximum absolute atomic E-state index is 6.04. The summed E-state index contributed by atoms with van der Waals surface area (Å²) < 4.78 is 2.06. The average Bonchev–Trinajstić information content (AvgIpc) is 3.25. The van der Waals surface area contributed by atoms with Gasteiger partial charge in [0.2, 0.25) is 5.95 Å². The van der Waals surface area contributed by atoms with E-state index in [0.29, 0.717) is 17.9 Å². The molecule has 0 unspecified atom stereocenters. The Morgan fingerprint density at radius 2 is 2.17 bits per heavy atom. The molecule has 1 saturated carbocycles. The number of fused-ring (bicyclic) bond motifs is 1. The van der Waals surface area contributed by atoms with Crippen molar-refractivity contribution in [2.45, 2.75) is 38.3 Å². The van der Waals surface area contributed by atoms with Crippen molar-refractivity contribution in [2.75, 3.05) is 12.4 Å². The van der Waals surface area contributed by atoms with Crippen molar-refractivity contribution >= 4 is 28.3 Å². The lowest BCUT2D eigenvalue weighted by molar-refractivity contribution is 0.288. The molecule has 3 N–H and O–H groups in total. The Morgan fingerprint density at radius 1 is 1.33 bits per heavy atom. The molecule has 4 rings (SSSR count). The van der Waals surface area contributed by atoms with Crippen molar-refractivity contribution in [3.8, 4) is 10.6 Å². The molecule has 0 atom stereocenters. The van der Waals surface area contributed by atoms with Crippen LogP contribution in [-0.4, -0.2) is 32.8 Å². The fourth-order valence-electron chi connectivity index (χ4n) is 3.42. The Balaban J connectivity index is 1.73. The minimum atomic E-state index is 0.371. The normalized spacial score (nSPS) is 21.2. The first-order valence-corrected chi connectivity index (χ1v) is 9.33. The molecule has 126 valence electrons. The fraction of sp³-hybridized carbons (Fsp3) is 0.471. The van der Waals surface area contributed by atoms with E-state index in [1.807, 2.05) is 13.2 Å². The van der Waals surface area contributed by atoms with Crippen LogP contribution in [0.3, 0.4) is 0 Å². The molecule has 6 nitrogen and oxygen atoms in total. The minimum absolute atomic E-state index is 0.371. The Morgan fingerprint density at radius 3 is 2.88 bits per heavy atom. The van der Waals surface area contributed by atoms with Crippen LogP contribution >= 0.6 is 11.3 Å². The van der Waals surface area contributed by atoms with Gasteiger partial charge in [-0.2, -0.15) is 10.1 Å². The van der Waals surface area contributed by atoms with Gasteiger partial charge < -0.3 is 11.1 Å². The van der Waals surface area contributed by atoms with Gasteiger partial charge in [-0.25, -0.2) is 9.67 Å². The van der Waals surface area contributed by atoms with E-state index in [2.05, 4.69) is 37.5 Å². The third-order valence-electron chi connectivity index (χ3n) is 4.79. The predicted octanol–water partition coefficient (Wildman–Crippen LogP) is 3.11. The molecule has 1 aliphatic rings. The van der Waals surface area contributed by atoms with Gasteiger partial charge in [-0.3, -0.25) is 0 Å². The molecule has 3 aromatic heterocycles. The monoisotopic (exact) mass is 342 g/mol. The molecule has 0 aromatic carbocycles. The molecule has 1 fully saturated rings. The predicted molar refractivity (Wildman–Crippen MR) is 98.1 cm³/mol. The first kappa shape index (κ1) is 15.5. The molecule has 0 bridgehead atoms. The van der Waals surface area contributed by atoms with Crippen molar-refractivity contribution in [1.82, 2.24) is 19.7 Å². The van der Waals surface area contributed by atoms with Gasteiger partial charge in [0.25, 0.3) is 0 Å². The lowest BCUT2D eigenvalue weighted by Gasteiger charge is -2.25. The molecule has 0 radical (unpaired) electrons. The van der Waals surface area contributed by atoms with Crippen LogP contribution in [0.1, 0.15) is 25.7 Å². The number of rotatable bonds is 4. The fourth-order valence-corrected chi connectivity index (χ4v) is 4.14. The second-order valence-corrected chi connectivity index (χ2v) is 7.42. The summed E-state index contributed by atoms with van der Waals surface area (Å²) in [7, 11) is 1.84. The van der Waals surface area contributed by atoms with Gasteiger partial charge in [0.15, 0.2) is 5.65 Å². The van der Waals surface area contributed by atoms with Crippen LogP contribution < -0.4 is 11.1 Å². The van der Waals surface area contributed by atoms with Crippen LogP contribution in [0.15, 0.2) is 23.7 Å². The van der Waals surface area contributed by atoms with Crippen LogP contribution in [0.4, 0.5) is 5.95 Å². The summed E-state index contributed by atoms with van der Waals surface area (Å²) >= 11 is 1.70. The number of nitrogens with zero attached hydrogens (tertiary/aromatic N) is 4. The number of hydrogen-bond acceptors (Lipinski definition) is 6. The molecular weight excluding hydrogens is 320 g/mol. The highest BCUT2D eigenvalue weighted by Gasteiger charge is 2.22. The van der Waals surface area contributed by atoms with Gasteiger partial charge in [-0.15, -0.1) is 11.3 Å². The van der Waals surface area contributed by atoms with Crippen LogP contribution in [0, 0.1) is 5.92 Å². The number of hydrogen-bond donors (Lipinski definition) is 2. The molecule has 0 aliphatic heterocycles. The van der Waals surface area contributed by atoms with Gasteiger partial charge in [0, 0.05) is 25.8 Å². The number of thiophene rings is 1. The number of anilines is 1. The van der Waals surface area contributed by atoms with E-state index in [1.54, 1.807) is 11.3 Å². The molecule has 3 heterocycles. The van der Waals surface area contributed by atoms with E-state index in [4.69, 9.17) is 10.8 Å². The lowest BCUT2D eigenvalue weighted by Crippen LogP contribution is -2.28. The SMILES string of the molecule is CNc1ncc2c(-c3cccs3)nn(CC3CCC(N)CC3)c2n1. The second kappa shape index (κ2) is 6.49. The van der Waals surface area contributed by atoms with Crippen LogP contribution in [0.2, 0.25) is 0 Å². The smallest absolute Gasteiger partial charge is 0.224 e. The Kier molecular flexibility index (Phi) is 4.20. The van der Waals surface area contributed by atoms with Gasteiger partial charge in [0.1, 0.15) is 5.69 Å². The molecule has 1 aliphatic carbocycles. The maximum Gasteiger partial charge on any atom is 0.224 e. The van der Waals surface area contributed by atoms with Gasteiger partial charge >= 0.3 is 0 Å². The standard InChI is InChI=1S/C17H22N6S/c1-19-17-20-9-13-15(14-3-2-8-24-14)22-23(16(13)21-17)10-11-4-6-12(18)7-5-11/h2-3,8-9,11-12H,4-7,10,18H2,1H3,(H,19,20,21). The van der Waals surface area contributed by atoms with Crippen molar-refractivity contribution in [2.24, 2.45) is 11.7 Å². The maximum atomic E-state index is 6.04. The first-order valence-electron chi connectivity index (χ1n) is 8.45. The van der Waals surface area contributed by atoms with Crippen LogP contribution in [0.25, 0.3) is 21.6 Å². The number of nitrogens with two attached hydrogens (primary N) is 1. The zero-order valence-electron chi connectivity index (χ0n) is 13.8. The summed E-state index contributed by atoms with van der Waals surface area (Å²) in [6.07, 6.45) is 6.43. The Labute approximate surface area is 145 Å². The Bertz CT molecular complexity index is 817. The zero-order valence-corrected chi connectivity index (χ0v) is 14.6. The van der Waals surface area contributed by atoms with Crippen molar-refractivity contribution < 1.29 is 0 Å². The van der Waals surface area contributed by atoms with E-state index < -0.39 is 0 Å². The Hall–Kier alpha value is -1.99. The van der Waals surface area contributed by atoms with E-state index >= 15 is 0 Å². The molecule has 0 saturated heterocycles. The van der Waals surface area contributed by atoms with Crippen molar-refractivity contribution in [1.29, 1.82) is 0 Å². The summed E-state index contributed by atoms with van der Waals surface area (Å²) in [5.41, 5.74) is 7.93. The lowest BCUT2D eigenvalue weighted by atomic mass is 9.86. The molecule has 0 amide bonds.